The first kappa shape index (κ1) is 14.0. The second kappa shape index (κ2) is 6.62. The Hall–Kier alpha value is -1.06. The van der Waals surface area contributed by atoms with Crippen LogP contribution in [0.1, 0.15) is 23.7 Å². The predicted molar refractivity (Wildman–Crippen MR) is 70.6 cm³/mol. The van der Waals surface area contributed by atoms with Crippen molar-refractivity contribution in [3.05, 3.63) is 40.7 Å². The van der Waals surface area contributed by atoms with Gasteiger partial charge in [-0.15, -0.1) is 6.58 Å². The SMILES string of the molecule is C=CCN(CCC)C(=O)c1ccc(Cl)nc1Cl. The summed E-state index contributed by atoms with van der Waals surface area (Å²) in [6.07, 6.45) is 2.56. The molecule has 0 aromatic carbocycles. The summed E-state index contributed by atoms with van der Waals surface area (Å²) in [4.78, 5) is 17.7. The Bertz CT molecular complexity index is 421. The van der Waals surface area contributed by atoms with E-state index in [0.717, 1.165) is 6.42 Å². The highest BCUT2D eigenvalue weighted by Gasteiger charge is 2.17. The van der Waals surface area contributed by atoms with Crippen LogP contribution in [-0.4, -0.2) is 28.9 Å². The molecule has 1 rings (SSSR count). The second-order valence-corrected chi connectivity index (χ2v) is 4.26. The van der Waals surface area contributed by atoms with Crippen molar-refractivity contribution in [1.29, 1.82) is 0 Å². The lowest BCUT2D eigenvalue weighted by atomic mass is 10.2. The van der Waals surface area contributed by atoms with Gasteiger partial charge >= 0.3 is 0 Å². The van der Waals surface area contributed by atoms with Gasteiger partial charge in [-0.3, -0.25) is 4.79 Å². The lowest BCUT2D eigenvalue weighted by Crippen LogP contribution is -2.32. The normalized spacial score (nSPS) is 10.1. The molecule has 17 heavy (non-hydrogen) atoms. The van der Waals surface area contributed by atoms with Gasteiger partial charge in [-0.1, -0.05) is 36.2 Å². The average molecular weight is 273 g/mol. The van der Waals surface area contributed by atoms with E-state index in [1.165, 1.54) is 0 Å². The first-order valence-corrected chi connectivity index (χ1v) is 6.08. The lowest BCUT2D eigenvalue weighted by Gasteiger charge is -2.20. The number of hydrogen-bond acceptors (Lipinski definition) is 2. The topological polar surface area (TPSA) is 33.2 Å². The van der Waals surface area contributed by atoms with Crippen LogP contribution in [0.25, 0.3) is 0 Å². The minimum atomic E-state index is -0.152. The third-order valence-electron chi connectivity index (χ3n) is 2.18. The molecule has 1 aromatic heterocycles. The number of carbonyl (C=O) groups excluding carboxylic acids is 1. The van der Waals surface area contributed by atoms with Crippen molar-refractivity contribution in [3.8, 4) is 0 Å². The molecule has 1 aromatic rings. The van der Waals surface area contributed by atoms with Crippen LogP contribution in [0.2, 0.25) is 10.3 Å². The number of hydrogen-bond donors (Lipinski definition) is 0. The number of carbonyl (C=O) groups is 1. The molecule has 1 heterocycles. The molecule has 0 saturated heterocycles. The molecule has 0 saturated carbocycles. The van der Waals surface area contributed by atoms with Crippen molar-refractivity contribution in [2.75, 3.05) is 13.1 Å². The summed E-state index contributed by atoms with van der Waals surface area (Å²) in [5.74, 6) is -0.152. The van der Waals surface area contributed by atoms with Crippen molar-refractivity contribution >= 4 is 29.1 Å². The maximum atomic E-state index is 12.2. The molecule has 0 fully saturated rings. The Kier molecular flexibility index (Phi) is 5.45. The van der Waals surface area contributed by atoms with Crippen LogP contribution in [0.5, 0.6) is 0 Å². The Balaban J connectivity index is 2.96. The van der Waals surface area contributed by atoms with Gasteiger partial charge in [-0.25, -0.2) is 4.98 Å². The van der Waals surface area contributed by atoms with Gasteiger partial charge in [0, 0.05) is 13.1 Å². The molecule has 0 aliphatic heterocycles. The highest BCUT2D eigenvalue weighted by Crippen LogP contribution is 2.18. The predicted octanol–water partition coefficient (Wildman–Crippen LogP) is 3.43. The first-order chi connectivity index (χ1) is 8.10. The van der Waals surface area contributed by atoms with Crippen LogP contribution in [0, 0.1) is 0 Å². The van der Waals surface area contributed by atoms with E-state index in [-0.39, 0.29) is 16.2 Å². The van der Waals surface area contributed by atoms with E-state index >= 15 is 0 Å². The van der Waals surface area contributed by atoms with E-state index in [1.54, 1.807) is 23.1 Å². The zero-order valence-corrected chi connectivity index (χ0v) is 11.1. The average Bonchev–Trinajstić information content (AvgIpc) is 2.28. The van der Waals surface area contributed by atoms with E-state index in [9.17, 15) is 4.79 Å². The molecule has 3 nitrogen and oxygen atoms in total. The van der Waals surface area contributed by atoms with Gasteiger partial charge in [-0.05, 0) is 18.6 Å². The van der Waals surface area contributed by atoms with Gasteiger partial charge in [0.25, 0.3) is 5.91 Å². The molecule has 0 unspecified atom stereocenters. The number of rotatable bonds is 5. The second-order valence-electron chi connectivity index (χ2n) is 3.51. The highest BCUT2D eigenvalue weighted by atomic mass is 35.5. The third-order valence-corrected chi connectivity index (χ3v) is 2.67. The summed E-state index contributed by atoms with van der Waals surface area (Å²) in [7, 11) is 0. The molecule has 0 spiro atoms. The minimum absolute atomic E-state index is 0.132. The van der Waals surface area contributed by atoms with E-state index in [2.05, 4.69) is 11.6 Å². The molecule has 1 amide bonds. The maximum absolute atomic E-state index is 12.2. The summed E-state index contributed by atoms with van der Waals surface area (Å²) in [5.41, 5.74) is 0.367. The van der Waals surface area contributed by atoms with Crippen LogP contribution >= 0.6 is 23.2 Å². The number of nitrogens with zero attached hydrogens (tertiary/aromatic N) is 2. The number of amides is 1. The van der Waals surface area contributed by atoms with Crippen molar-refractivity contribution in [2.24, 2.45) is 0 Å². The summed E-state index contributed by atoms with van der Waals surface area (Å²) >= 11 is 11.6. The molecule has 0 atom stereocenters. The lowest BCUT2D eigenvalue weighted by molar-refractivity contribution is 0.0774. The van der Waals surface area contributed by atoms with Gasteiger partial charge in [0.1, 0.15) is 10.3 Å². The van der Waals surface area contributed by atoms with Gasteiger partial charge in [0.05, 0.1) is 5.56 Å². The smallest absolute Gasteiger partial charge is 0.257 e. The Labute approximate surface area is 111 Å². The Morgan fingerprint density at radius 1 is 1.53 bits per heavy atom. The van der Waals surface area contributed by atoms with Crippen molar-refractivity contribution < 1.29 is 4.79 Å². The van der Waals surface area contributed by atoms with Crippen LogP contribution in [0.15, 0.2) is 24.8 Å². The van der Waals surface area contributed by atoms with Crippen molar-refractivity contribution in [1.82, 2.24) is 9.88 Å². The number of halogens is 2. The fraction of sp³-hybridized carbons (Fsp3) is 0.333. The maximum Gasteiger partial charge on any atom is 0.257 e. The minimum Gasteiger partial charge on any atom is -0.335 e. The van der Waals surface area contributed by atoms with Crippen LogP contribution in [0.4, 0.5) is 0 Å². The molecular weight excluding hydrogens is 259 g/mol. The summed E-state index contributed by atoms with van der Waals surface area (Å²) in [5, 5.41) is 0.407. The summed E-state index contributed by atoms with van der Waals surface area (Å²) in [6, 6.07) is 3.14. The van der Waals surface area contributed by atoms with Crippen LogP contribution < -0.4 is 0 Å². The fourth-order valence-corrected chi connectivity index (χ4v) is 1.87. The number of aromatic nitrogens is 1. The molecule has 92 valence electrons. The Morgan fingerprint density at radius 2 is 2.24 bits per heavy atom. The molecule has 0 aliphatic rings. The molecule has 0 radical (unpaired) electrons. The van der Waals surface area contributed by atoms with Crippen LogP contribution in [-0.2, 0) is 0 Å². The summed E-state index contributed by atoms with van der Waals surface area (Å²) < 4.78 is 0. The van der Waals surface area contributed by atoms with Gasteiger partial charge in [0.15, 0.2) is 0 Å². The molecule has 0 aliphatic carbocycles. The highest BCUT2D eigenvalue weighted by molar-refractivity contribution is 6.34. The Morgan fingerprint density at radius 3 is 2.76 bits per heavy atom. The quantitative estimate of drug-likeness (QED) is 0.608. The largest absolute Gasteiger partial charge is 0.335 e. The fourth-order valence-electron chi connectivity index (χ4n) is 1.44. The van der Waals surface area contributed by atoms with E-state index < -0.39 is 0 Å². The van der Waals surface area contributed by atoms with E-state index in [0.29, 0.717) is 18.7 Å². The standard InChI is InChI=1S/C12H14Cl2N2O/c1-3-7-16(8-4-2)12(17)9-5-6-10(13)15-11(9)14/h3,5-6H,1,4,7-8H2,2H3. The van der Waals surface area contributed by atoms with Gasteiger partial charge < -0.3 is 4.90 Å². The van der Waals surface area contributed by atoms with Gasteiger partial charge in [-0.2, -0.15) is 0 Å². The molecule has 5 heteroatoms. The van der Waals surface area contributed by atoms with E-state index in [4.69, 9.17) is 23.2 Å². The number of pyridine rings is 1. The zero-order chi connectivity index (χ0) is 12.8. The van der Waals surface area contributed by atoms with Crippen molar-refractivity contribution in [3.63, 3.8) is 0 Å². The molecule has 0 bridgehead atoms. The third kappa shape index (κ3) is 3.72. The first-order valence-electron chi connectivity index (χ1n) is 5.32. The van der Waals surface area contributed by atoms with Gasteiger partial charge in [0.2, 0.25) is 0 Å². The molecular formula is C12H14Cl2N2O. The summed E-state index contributed by atoms with van der Waals surface area (Å²) in [6.45, 7) is 6.79. The monoisotopic (exact) mass is 272 g/mol. The van der Waals surface area contributed by atoms with Crippen molar-refractivity contribution in [2.45, 2.75) is 13.3 Å². The van der Waals surface area contributed by atoms with Crippen LogP contribution in [0.3, 0.4) is 0 Å². The van der Waals surface area contributed by atoms with E-state index in [1.807, 2.05) is 6.92 Å². The molecule has 0 N–H and O–H groups in total. The zero-order valence-electron chi connectivity index (χ0n) is 9.62.